The van der Waals surface area contributed by atoms with Gasteiger partial charge < -0.3 is 5.32 Å². The summed E-state index contributed by atoms with van der Waals surface area (Å²) in [5, 5.41) is 2.77. The normalized spacial score (nSPS) is 29.8. The number of ketones is 1. The number of nitrogens with one attached hydrogen (secondary N) is 1. The predicted octanol–water partition coefficient (Wildman–Crippen LogP) is 2.13. The lowest BCUT2D eigenvalue weighted by molar-refractivity contribution is -0.129. The number of carbonyl (C=O) groups excluding carboxylic acids is 2. The second-order valence-corrected chi connectivity index (χ2v) is 5.20. The molecule has 0 bridgehead atoms. The number of Topliss-reactive ketones (excluding diaryl/α,β-unsaturated/α-hetero) is 1. The van der Waals surface area contributed by atoms with Crippen molar-refractivity contribution in [2.24, 2.45) is 11.3 Å². The first-order chi connectivity index (χ1) is 7.50. The fourth-order valence-electron chi connectivity index (χ4n) is 2.30. The fraction of sp³-hybridized carbons (Fsp3) is 0.833. The Hall–Kier alpha value is -0.570. The molecule has 1 aliphatic carbocycles. The minimum absolute atomic E-state index is 0.0496. The van der Waals surface area contributed by atoms with E-state index >= 15 is 0 Å². The van der Waals surface area contributed by atoms with E-state index in [2.05, 4.69) is 12.2 Å². The lowest BCUT2D eigenvalue weighted by atomic mass is 9.68. The van der Waals surface area contributed by atoms with E-state index in [9.17, 15) is 9.59 Å². The van der Waals surface area contributed by atoms with Crippen LogP contribution < -0.4 is 5.32 Å². The number of hydrogen-bond donors (Lipinski definition) is 1. The first kappa shape index (κ1) is 13.5. The van der Waals surface area contributed by atoms with Gasteiger partial charge in [-0.2, -0.15) is 0 Å². The predicted molar refractivity (Wildman–Crippen MR) is 64.5 cm³/mol. The van der Waals surface area contributed by atoms with Gasteiger partial charge in [0, 0.05) is 18.9 Å². The molecule has 0 aromatic rings. The van der Waals surface area contributed by atoms with Gasteiger partial charge in [0.1, 0.15) is 0 Å². The first-order valence-electron chi connectivity index (χ1n) is 5.84. The van der Waals surface area contributed by atoms with Crippen LogP contribution in [0.1, 0.15) is 39.5 Å². The molecule has 1 amide bonds. The number of halogens is 1. The number of alkyl halides is 1. The van der Waals surface area contributed by atoms with Crippen LogP contribution in [0.4, 0.5) is 0 Å². The zero-order valence-electron chi connectivity index (χ0n) is 10.0. The van der Waals surface area contributed by atoms with Gasteiger partial charge in [-0.1, -0.05) is 6.92 Å². The topological polar surface area (TPSA) is 46.2 Å². The molecule has 0 aromatic heterocycles. The third-order valence-corrected chi connectivity index (χ3v) is 3.86. The molecular formula is C12H20ClNO2. The van der Waals surface area contributed by atoms with Crippen LogP contribution in [0.15, 0.2) is 0 Å². The van der Waals surface area contributed by atoms with Gasteiger partial charge in [-0.05, 0) is 31.6 Å². The second-order valence-electron chi connectivity index (χ2n) is 4.93. The lowest BCUT2D eigenvalue weighted by Crippen LogP contribution is -2.45. The standard InChI is InChI=1S/C12H20ClNO2/c1-9-3-5-12(6-4-9,11(16)7-13)8-14-10(2)15/h9H,3-8H2,1-2H3,(H,14,15). The number of hydrogen-bond acceptors (Lipinski definition) is 2. The molecule has 1 saturated carbocycles. The smallest absolute Gasteiger partial charge is 0.216 e. The van der Waals surface area contributed by atoms with Crippen molar-refractivity contribution in [3.8, 4) is 0 Å². The van der Waals surface area contributed by atoms with Crippen molar-refractivity contribution in [3.05, 3.63) is 0 Å². The molecule has 1 rings (SSSR count). The molecule has 0 radical (unpaired) electrons. The monoisotopic (exact) mass is 245 g/mol. The molecular weight excluding hydrogens is 226 g/mol. The maximum absolute atomic E-state index is 11.9. The maximum Gasteiger partial charge on any atom is 0.216 e. The number of carbonyl (C=O) groups is 2. The molecule has 0 aliphatic heterocycles. The Morgan fingerprint density at radius 3 is 2.38 bits per heavy atom. The van der Waals surface area contributed by atoms with E-state index < -0.39 is 5.41 Å². The van der Waals surface area contributed by atoms with E-state index in [4.69, 9.17) is 11.6 Å². The van der Waals surface area contributed by atoms with Crippen LogP contribution in [0.25, 0.3) is 0 Å². The molecule has 0 heterocycles. The van der Waals surface area contributed by atoms with Crippen LogP contribution in [-0.4, -0.2) is 24.1 Å². The van der Waals surface area contributed by atoms with Gasteiger partial charge >= 0.3 is 0 Å². The Labute approximate surface area is 102 Å². The van der Waals surface area contributed by atoms with E-state index in [1.165, 1.54) is 6.92 Å². The Kier molecular flexibility index (Phi) is 4.78. The minimum Gasteiger partial charge on any atom is -0.355 e. The molecule has 1 aliphatic rings. The van der Waals surface area contributed by atoms with Crippen molar-refractivity contribution in [2.75, 3.05) is 12.4 Å². The Morgan fingerprint density at radius 1 is 1.38 bits per heavy atom. The Bertz CT molecular complexity index is 270. The summed E-state index contributed by atoms with van der Waals surface area (Å²) < 4.78 is 0. The highest BCUT2D eigenvalue weighted by Gasteiger charge is 2.40. The van der Waals surface area contributed by atoms with Crippen LogP contribution in [0, 0.1) is 11.3 Å². The quantitative estimate of drug-likeness (QED) is 0.772. The summed E-state index contributed by atoms with van der Waals surface area (Å²) in [5.41, 5.74) is -0.403. The minimum atomic E-state index is -0.403. The number of rotatable bonds is 4. The molecule has 1 fully saturated rings. The van der Waals surface area contributed by atoms with Crippen molar-refractivity contribution in [1.29, 1.82) is 0 Å². The Balaban J connectivity index is 2.69. The van der Waals surface area contributed by atoms with Gasteiger partial charge in [-0.15, -0.1) is 11.6 Å². The summed E-state index contributed by atoms with van der Waals surface area (Å²) in [6.07, 6.45) is 3.78. The van der Waals surface area contributed by atoms with Gasteiger partial charge in [-0.3, -0.25) is 9.59 Å². The molecule has 16 heavy (non-hydrogen) atoms. The van der Waals surface area contributed by atoms with Crippen molar-refractivity contribution in [2.45, 2.75) is 39.5 Å². The van der Waals surface area contributed by atoms with Gasteiger partial charge in [0.25, 0.3) is 0 Å². The van der Waals surface area contributed by atoms with E-state index in [-0.39, 0.29) is 17.6 Å². The molecule has 1 N–H and O–H groups in total. The maximum atomic E-state index is 11.9. The van der Waals surface area contributed by atoms with E-state index in [1.54, 1.807) is 0 Å². The van der Waals surface area contributed by atoms with Gasteiger partial charge in [0.2, 0.25) is 5.91 Å². The summed E-state index contributed by atoms with van der Waals surface area (Å²) in [7, 11) is 0. The lowest BCUT2D eigenvalue weighted by Gasteiger charge is -2.37. The third-order valence-electron chi connectivity index (χ3n) is 3.62. The SMILES string of the molecule is CC(=O)NCC1(C(=O)CCl)CCC(C)CC1. The largest absolute Gasteiger partial charge is 0.355 e. The van der Waals surface area contributed by atoms with Crippen LogP contribution in [0.2, 0.25) is 0 Å². The average molecular weight is 246 g/mol. The van der Waals surface area contributed by atoms with Gasteiger partial charge in [-0.25, -0.2) is 0 Å². The highest BCUT2D eigenvalue weighted by atomic mass is 35.5. The summed E-state index contributed by atoms with van der Waals surface area (Å²) in [5.74, 6) is 0.720. The van der Waals surface area contributed by atoms with Crippen molar-refractivity contribution in [3.63, 3.8) is 0 Å². The van der Waals surface area contributed by atoms with Crippen LogP contribution in [-0.2, 0) is 9.59 Å². The number of amides is 1. The van der Waals surface area contributed by atoms with Crippen molar-refractivity contribution in [1.82, 2.24) is 5.32 Å². The molecule has 0 aromatic carbocycles. The highest BCUT2D eigenvalue weighted by molar-refractivity contribution is 6.28. The first-order valence-corrected chi connectivity index (χ1v) is 6.37. The van der Waals surface area contributed by atoms with Gasteiger partial charge in [0.05, 0.1) is 5.88 Å². The zero-order valence-corrected chi connectivity index (χ0v) is 10.8. The summed E-state index contributed by atoms with van der Waals surface area (Å²) >= 11 is 5.66. The van der Waals surface area contributed by atoms with E-state index in [0.717, 1.165) is 25.7 Å². The Morgan fingerprint density at radius 2 is 1.94 bits per heavy atom. The molecule has 92 valence electrons. The van der Waals surface area contributed by atoms with Crippen molar-refractivity contribution >= 4 is 23.3 Å². The summed E-state index contributed by atoms with van der Waals surface area (Å²) in [4.78, 5) is 22.9. The van der Waals surface area contributed by atoms with Gasteiger partial charge in [0.15, 0.2) is 5.78 Å². The summed E-state index contributed by atoms with van der Waals surface area (Å²) in [6, 6.07) is 0. The van der Waals surface area contributed by atoms with E-state index in [1.807, 2.05) is 0 Å². The van der Waals surface area contributed by atoms with Crippen molar-refractivity contribution < 1.29 is 9.59 Å². The fourth-order valence-corrected chi connectivity index (χ4v) is 2.59. The molecule has 0 saturated heterocycles. The zero-order chi connectivity index (χ0) is 12.2. The van der Waals surface area contributed by atoms with Crippen LogP contribution in [0.3, 0.4) is 0 Å². The molecule has 0 spiro atoms. The third kappa shape index (κ3) is 3.21. The molecule has 0 atom stereocenters. The average Bonchev–Trinajstić information content (AvgIpc) is 2.28. The molecule has 0 unspecified atom stereocenters. The highest BCUT2D eigenvalue weighted by Crippen LogP contribution is 2.39. The second kappa shape index (κ2) is 5.67. The van der Waals surface area contributed by atoms with Crippen LogP contribution >= 0.6 is 11.6 Å². The summed E-state index contributed by atoms with van der Waals surface area (Å²) in [6.45, 7) is 4.12. The molecule has 3 nitrogen and oxygen atoms in total. The van der Waals surface area contributed by atoms with Crippen LogP contribution in [0.5, 0.6) is 0 Å². The molecule has 4 heteroatoms. The van der Waals surface area contributed by atoms with E-state index in [0.29, 0.717) is 12.5 Å².